The van der Waals surface area contributed by atoms with Gasteiger partial charge in [0.25, 0.3) is 5.91 Å². The van der Waals surface area contributed by atoms with Crippen molar-refractivity contribution >= 4 is 23.4 Å². The molecule has 1 aromatic heterocycles. The molecule has 3 amide bonds. The number of amides is 3. The van der Waals surface area contributed by atoms with E-state index in [1.807, 2.05) is 18.2 Å². The number of nitrogens with one attached hydrogen (secondary N) is 2. The van der Waals surface area contributed by atoms with E-state index in [2.05, 4.69) is 15.6 Å². The van der Waals surface area contributed by atoms with Gasteiger partial charge in [-0.1, -0.05) is 12.1 Å². The molecule has 1 fully saturated rings. The van der Waals surface area contributed by atoms with Gasteiger partial charge in [0.2, 0.25) is 11.8 Å². The molecule has 1 aromatic carbocycles. The van der Waals surface area contributed by atoms with Crippen LogP contribution in [0.15, 0.2) is 48.7 Å². The van der Waals surface area contributed by atoms with Crippen LogP contribution in [0.2, 0.25) is 0 Å². The molecule has 2 N–H and O–H groups in total. The summed E-state index contributed by atoms with van der Waals surface area (Å²) in [7, 11) is 0. The van der Waals surface area contributed by atoms with Crippen LogP contribution in [-0.4, -0.2) is 40.7 Å². The second kappa shape index (κ2) is 8.93. The smallest absolute Gasteiger partial charge is 0.251 e. The number of carbonyl (C=O) groups excluding carboxylic acids is 3. The third-order valence-electron chi connectivity index (χ3n) is 4.32. The Bertz CT molecular complexity index is 823. The molecule has 7 heteroatoms. The van der Waals surface area contributed by atoms with Crippen molar-refractivity contribution in [3.8, 4) is 0 Å². The van der Waals surface area contributed by atoms with Crippen LogP contribution < -0.4 is 10.6 Å². The molecule has 7 nitrogen and oxygen atoms in total. The van der Waals surface area contributed by atoms with E-state index in [1.165, 1.54) is 0 Å². The molecule has 0 unspecified atom stereocenters. The molecule has 0 bridgehead atoms. The summed E-state index contributed by atoms with van der Waals surface area (Å²) < 4.78 is 0. The van der Waals surface area contributed by atoms with Gasteiger partial charge in [-0.3, -0.25) is 19.4 Å². The Kier molecular flexibility index (Phi) is 6.14. The van der Waals surface area contributed by atoms with Crippen molar-refractivity contribution in [2.45, 2.75) is 25.8 Å². The number of pyridine rings is 1. The lowest BCUT2D eigenvalue weighted by Gasteiger charge is -2.26. The highest BCUT2D eigenvalue weighted by molar-refractivity contribution is 5.98. The summed E-state index contributed by atoms with van der Waals surface area (Å²) in [5.74, 6) is -0.502. The lowest BCUT2D eigenvalue weighted by Crippen LogP contribution is -2.40. The zero-order chi connectivity index (χ0) is 19.1. The van der Waals surface area contributed by atoms with Crippen LogP contribution in [-0.2, 0) is 16.1 Å². The number of carbonyl (C=O) groups is 3. The Morgan fingerprint density at radius 2 is 2.00 bits per heavy atom. The third-order valence-corrected chi connectivity index (χ3v) is 4.32. The maximum atomic E-state index is 12.3. The van der Waals surface area contributed by atoms with Gasteiger partial charge >= 0.3 is 0 Å². The number of benzene rings is 1. The number of nitrogens with zero attached hydrogens (tertiary/aromatic N) is 2. The Morgan fingerprint density at radius 1 is 1.11 bits per heavy atom. The summed E-state index contributed by atoms with van der Waals surface area (Å²) in [6, 6.07) is 12.2. The van der Waals surface area contributed by atoms with Gasteiger partial charge in [-0.15, -0.1) is 0 Å². The normalized spacial score (nSPS) is 13.9. The van der Waals surface area contributed by atoms with Gasteiger partial charge in [0, 0.05) is 30.4 Å². The number of rotatable bonds is 6. The van der Waals surface area contributed by atoms with Gasteiger partial charge in [-0.05, 0) is 43.2 Å². The van der Waals surface area contributed by atoms with Gasteiger partial charge in [0.05, 0.1) is 18.8 Å². The van der Waals surface area contributed by atoms with Gasteiger partial charge < -0.3 is 15.5 Å². The van der Waals surface area contributed by atoms with Gasteiger partial charge in [-0.25, -0.2) is 0 Å². The second-order valence-corrected chi connectivity index (χ2v) is 6.41. The van der Waals surface area contributed by atoms with Crippen molar-refractivity contribution in [1.29, 1.82) is 0 Å². The summed E-state index contributed by atoms with van der Waals surface area (Å²) in [5, 5.41) is 5.55. The topological polar surface area (TPSA) is 91.4 Å². The van der Waals surface area contributed by atoms with E-state index in [1.54, 1.807) is 35.4 Å². The standard InChI is InChI=1S/C20H22N4O3/c25-18(14-24-11-4-2-9-19(24)26)23-16-8-5-6-15(12-16)20(27)22-13-17-7-1-3-10-21-17/h1,3,5-8,10,12H,2,4,9,11,13-14H2,(H,22,27)(H,23,25). The highest BCUT2D eigenvalue weighted by Gasteiger charge is 2.20. The van der Waals surface area contributed by atoms with E-state index >= 15 is 0 Å². The van der Waals surface area contributed by atoms with E-state index in [9.17, 15) is 14.4 Å². The van der Waals surface area contributed by atoms with Crippen molar-refractivity contribution in [3.05, 3.63) is 59.9 Å². The molecule has 2 heterocycles. The Morgan fingerprint density at radius 3 is 2.78 bits per heavy atom. The van der Waals surface area contributed by atoms with Crippen LogP contribution in [0.5, 0.6) is 0 Å². The Hall–Kier alpha value is -3.22. The maximum Gasteiger partial charge on any atom is 0.251 e. The molecule has 3 rings (SSSR count). The number of aromatic nitrogens is 1. The molecule has 0 aliphatic carbocycles. The third kappa shape index (κ3) is 5.37. The molecule has 27 heavy (non-hydrogen) atoms. The summed E-state index contributed by atoms with van der Waals surface area (Å²) in [5.41, 5.74) is 1.73. The van der Waals surface area contributed by atoms with Crippen molar-refractivity contribution in [3.63, 3.8) is 0 Å². The molecule has 140 valence electrons. The van der Waals surface area contributed by atoms with Gasteiger partial charge in [0.1, 0.15) is 0 Å². The number of hydrogen-bond donors (Lipinski definition) is 2. The number of anilines is 1. The fraction of sp³-hybridized carbons (Fsp3) is 0.300. The fourth-order valence-corrected chi connectivity index (χ4v) is 2.92. The molecule has 0 saturated carbocycles. The van der Waals surface area contributed by atoms with Crippen molar-refractivity contribution in [1.82, 2.24) is 15.2 Å². The van der Waals surface area contributed by atoms with Crippen LogP contribution in [0.1, 0.15) is 35.3 Å². The summed E-state index contributed by atoms with van der Waals surface area (Å²) in [6.45, 7) is 0.977. The van der Waals surface area contributed by atoms with Crippen LogP contribution >= 0.6 is 0 Å². The van der Waals surface area contributed by atoms with Gasteiger partial charge in [0.15, 0.2) is 0 Å². The predicted molar refractivity (Wildman–Crippen MR) is 101 cm³/mol. The summed E-state index contributed by atoms with van der Waals surface area (Å²) in [4.78, 5) is 42.0. The zero-order valence-electron chi connectivity index (χ0n) is 15.0. The molecule has 1 saturated heterocycles. The molecule has 1 aliphatic heterocycles. The molecule has 2 aromatic rings. The zero-order valence-corrected chi connectivity index (χ0v) is 15.0. The average Bonchev–Trinajstić information content (AvgIpc) is 2.69. The SMILES string of the molecule is O=C(CN1CCCCC1=O)Nc1cccc(C(=O)NCc2ccccn2)c1. The van der Waals surface area contributed by atoms with Crippen LogP contribution in [0.3, 0.4) is 0 Å². The lowest BCUT2D eigenvalue weighted by atomic mass is 10.1. The van der Waals surface area contributed by atoms with Crippen molar-refractivity contribution < 1.29 is 14.4 Å². The average molecular weight is 366 g/mol. The van der Waals surface area contributed by atoms with Crippen LogP contribution in [0.25, 0.3) is 0 Å². The van der Waals surface area contributed by atoms with E-state index in [0.717, 1.165) is 18.5 Å². The van der Waals surface area contributed by atoms with Gasteiger partial charge in [-0.2, -0.15) is 0 Å². The maximum absolute atomic E-state index is 12.3. The van der Waals surface area contributed by atoms with E-state index in [4.69, 9.17) is 0 Å². The molecule has 0 atom stereocenters. The molecule has 1 aliphatic rings. The van der Waals surface area contributed by atoms with Crippen LogP contribution in [0, 0.1) is 0 Å². The largest absolute Gasteiger partial charge is 0.346 e. The fourth-order valence-electron chi connectivity index (χ4n) is 2.92. The minimum atomic E-state index is -0.267. The molecule has 0 radical (unpaired) electrons. The minimum absolute atomic E-state index is 0.0130. The summed E-state index contributed by atoms with van der Waals surface area (Å²) in [6.07, 6.45) is 3.97. The minimum Gasteiger partial charge on any atom is -0.346 e. The van der Waals surface area contributed by atoms with E-state index in [0.29, 0.717) is 30.8 Å². The van der Waals surface area contributed by atoms with Crippen LogP contribution in [0.4, 0.5) is 5.69 Å². The van der Waals surface area contributed by atoms with Crippen molar-refractivity contribution in [2.24, 2.45) is 0 Å². The number of piperidine rings is 1. The summed E-state index contributed by atoms with van der Waals surface area (Å²) >= 11 is 0. The molecular formula is C20H22N4O3. The monoisotopic (exact) mass is 366 g/mol. The highest BCUT2D eigenvalue weighted by atomic mass is 16.2. The Balaban J connectivity index is 1.55. The second-order valence-electron chi connectivity index (χ2n) is 6.41. The molecule has 0 spiro atoms. The first-order valence-corrected chi connectivity index (χ1v) is 8.97. The lowest BCUT2D eigenvalue weighted by molar-refractivity contribution is -0.136. The first-order valence-electron chi connectivity index (χ1n) is 8.97. The highest BCUT2D eigenvalue weighted by Crippen LogP contribution is 2.13. The number of hydrogen-bond acceptors (Lipinski definition) is 4. The van der Waals surface area contributed by atoms with E-state index in [-0.39, 0.29) is 24.3 Å². The quantitative estimate of drug-likeness (QED) is 0.818. The Labute approximate surface area is 157 Å². The predicted octanol–water partition coefficient (Wildman–Crippen LogP) is 1.96. The van der Waals surface area contributed by atoms with E-state index < -0.39 is 0 Å². The van der Waals surface area contributed by atoms with Crippen molar-refractivity contribution in [2.75, 3.05) is 18.4 Å². The first-order chi connectivity index (χ1) is 13.1. The number of likely N-dealkylation sites (tertiary alicyclic amines) is 1. The molecular weight excluding hydrogens is 344 g/mol. The first kappa shape index (κ1) is 18.6.